The molecule has 0 radical (unpaired) electrons. The van der Waals surface area contributed by atoms with Crippen LogP contribution in [0.25, 0.3) is 0 Å². The topological polar surface area (TPSA) is 29.5 Å². The second-order valence-corrected chi connectivity index (χ2v) is 3.58. The van der Waals surface area contributed by atoms with Gasteiger partial charge in [0.2, 0.25) is 0 Å². The molecule has 6 heteroatoms. The number of rotatable bonds is 5. The third-order valence-electron chi connectivity index (χ3n) is 2.21. The summed E-state index contributed by atoms with van der Waals surface area (Å²) < 4.78 is 55.5. The number of aliphatic hydroxyl groups excluding tert-OH is 1. The van der Waals surface area contributed by atoms with Gasteiger partial charge in [-0.25, -0.2) is 4.39 Å². The Morgan fingerprint density at radius 1 is 1.39 bits per heavy atom. The van der Waals surface area contributed by atoms with Crippen LogP contribution in [0.4, 0.5) is 17.6 Å². The molecule has 1 rings (SSSR count). The zero-order chi connectivity index (χ0) is 13.8. The Labute approximate surface area is 102 Å². The van der Waals surface area contributed by atoms with Crippen LogP contribution in [0.3, 0.4) is 0 Å². The molecule has 1 aromatic carbocycles. The molecule has 0 saturated heterocycles. The van der Waals surface area contributed by atoms with Gasteiger partial charge in [0.05, 0.1) is 6.61 Å². The Bertz CT molecular complexity index is 415. The third kappa shape index (κ3) is 3.73. The van der Waals surface area contributed by atoms with Gasteiger partial charge in [-0.1, -0.05) is 12.1 Å². The molecular weight excluding hydrogens is 252 g/mol. The van der Waals surface area contributed by atoms with Crippen molar-refractivity contribution in [1.82, 2.24) is 0 Å². The van der Waals surface area contributed by atoms with E-state index in [1.54, 1.807) is 0 Å². The Hall–Kier alpha value is -1.56. The molecular formula is C12H12F4O2. The Balaban J connectivity index is 2.99. The highest BCUT2D eigenvalue weighted by Gasteiger charge is 2.41. The molecule has 1 atom stereocenters. The normalized spacial score (nSPS) is 13.2. The van der Waals surface area contributed by atoms with Gasteiger partial charge in [-0.15, -0.1) is 6.58 Å². The fourth-order valence-electron chi connectivity index (χ4n) is 1.32. The van der Waals surface area contributed by atoms with Gasteiger partial charge in [0.1, 0.15) is 11.6 Å². The van der Waals surface area contributed by atoms with E-state index in [4.69, 9.17) is 9.84 Å². The van der Waals surface area contributed by atoms with Crippen LogP contribution in [0, 0.1) is 5.82 Å². The second-order valence-electron chi connectivity index (χ2n) is 3.58. The van der Waals surface area contributed by atoms with E-state index < -0.39 is 31.1 Å². The van der Waals surface area contributed by atoms with Crippen molar-refractivity contribution < 1.29 is 27.4 Å². The average molecular weight is 264 g/mol. The molecule has 100 valence electrons. The molecule has 1 aromatic rings. The van der Waals surface area contributed by atoms with Crippen LogP contribution in [0.15, 0.2) is 30.9 Å². The number of aliphatic hydroxyl groups is 1. The predicted octanol–water partition coefficient (Wildman–Crippen LogP) is 3.20. The minimum absolute atomic E-state index is 0.0923. The summed E-state index contributed by atoms with van der Waals surface area (Å²) in [6.07, 6.45) is -6.09. The highest BCUT2D eigenvalue weighted by molar-refractivity contribution is 5.33. The Morgan fingerprint density at radius 2 is 2.06 bits per heavy atom. The predicted molar refractivity (Wildman–Crippen MR) is 57.6 cm³/mol. The molecule has 0 aliphatic carbocycles. The van der Waals surface area contributed by atoms with Gasteiger partial charge in [-0.3, -0.25) is 0 Å². The van der Waals surface area contributed by atoms with Crippen molar-refractivity contribution >= 4 is 0 Å². The first-order chi connectivity index (χ1) is 8.38. The Morgan fingerprint density at radius 3 is 2.56 bits per heavy atom. The third-order valence-corrected chi connectivity index (χ3v) is 2.21. The van der Waals surface area contributed by atoms with Gasteiger partial charge in [-0.05, 0) is 6.07 Å². The molecule has 1 N–H and O–H groups in total. The fourth-order valence-corrected chi connectivity index (χ4v) is 1.32. The van der Waals surface area contributed by atoms with E-state index in [2.05, 4.69) is 6.58 Å². The standard InChI is InChI=1S/C12H12F4O2/c1-2-3-11(12(14,15)16)18-10-6-9(13)5-4-8(10)7-17/h2,4-6,11,17H,1,3,7H2. The summed E-state index contributed by atoms with van der Waals surface area (Å²) >= 11 is 0. The molecule has 0 heterocycles. The summed E-state index contributed by atoms with van der Waals surface area (Å²) in [4.78, 5) is 0. The van der Waals surface area contributed by atoms with Crippen molar-refractivity contribution in [3.8, 4) is 5.75 Å². The smallest absolute Gasteiger partial charge is 0.425 e. The molecule has 0 bridgehead atoms. The molecule has 0 spiro atoms. The number of alkyl halides is 3. The van der Waals surface area contributed by atoms with E-state index in [9.17, 15) is 17.6 Å². The first-order valence-corrected chi connectivity index (χ1v) is 5.12. The van der Waals surface area contributed by atoms with Crippen LogP contribution < -0.4 is 4.74 Å². The van der Waals surface area contributed by atoms with E-state index in [1.165, 1.54) is 6.07 Å². The number of hydrogen-bond donors (Lipinski definition) is 1. The monoisotopic (exact) mass is 264 g/mol. The number of benzene rings is 1. The molecule has 18 heavy (non-hydrogen) atoms. The Kier molecular flexibility index (Phi) is 4.72. The molecule has 0 saturated carbocycles. The van der Waals surface area contributed by atoms with E-state index in [1.807, 2.05) is 0 Å². The minimum Gasteiger partial charge on any atom is -0.480 e. The molecule has 0 amide bonds. The summed E-state index contributed by atoms with van der Waals surface area (Å²) in [5.41, 5.74) is 0.0923. The summed E-state index contributed by atoms with van der Waals surface area (Å²) in [5, 5.41) is 8.95. The highest BCUT2D eigenvalue weighted by atomic mass is 19.4. The zero-order valence-corrected chi connectivity index (χ0v) is 9.38. The molecule has 0 aliphatic heterocycles. The molecule has 0 aromatic heterocycles. The van der Waals surface area contributed by atoms with Crippen LogP contribution in [-0.2, 0) is 6.61 Å². The van der Waals surface area contributed by atoms with Crippen LogP contribution >= 0.6 is 0 Å². The van der Waals surface area contributed by atoms with Crippen molar-refractivity contribution in [2.24, 2.45) is 0 Å². The zero-order valence-electron chi connectivity index (χ0n) is 9.38. The molecule has 0 aliphatic rings. The summed E-state index contributed by atoms with van der Waals surface area (Å²) in [5.74, 6) is -1.05. The van der Waals surface area contributed by atoms with Crippen molar-refractivity contribution in [2.75, 3.05) is 0 Å². The van der Waals surface area contributed by atoms with E-state index >= 15 is 0 Å². The minimum atomic E-state index is -4.59. The maximum atomic E-state index is 13.0. The van der Waals surface area contributed by atoms with E-state index in [-0.39, 0.29) is 11.3 Å². The second kappa shape index (κ2) is 5.86. The quantitative estimate of drug-likeness (QED) is 0.653. The number of halogens is 4. The lowest BCUT2D eigenvalue weighted by Crippen LogP contribution is -2.34. The van der Waals surface area contributed by atoms with Crippen molar-refractivity contribution in [2.45, 2.75) is 25.3 Å². The largest absolute Gasteiger partial charge is 0.480 e. The first kappa shape index (κ1) is 14.5. The maximum absolute atomic E-state index is 13.0. The van der Waals surface area contributed by atoms with Gasteiger partial charge in [-0.2, -0.15) is 13.2 Å². The summed E-state index contributed by atoms with van der Waals surface area (Å²) in [6.45, 7) is 2.68. The van der Waals surface area contributed by atoms with Gasteiger partial charge >= 0.3 is 6.18 Å². The van der Waals surface area contributed by atoms with Crippen molar-refractivity contribution in [3.63, 3.8) is 0 Å². The lowest BCUT2D eigenvalue weighted by Gasteiger charge is -2.21. The highest BCUT2D eigenvalue weighted by Crippen LogP contribution is 2.30. The SMILES string of the molecule is C=CCC(Oc1cc(F)ccc1CO)C(F)(F)F. The van der Waals surface area contributed by atoms with Gasteiger partial charge in [0.15, 0.2) is 6.10 Å². The van der Waals surface area contributed by atoms with Crippen LogP contribution in [0.5, 0.6) is 5.75 Å². The lowest BCUT2D eigenvalue weighted by atomic mass is 10.2. The number of hydrogen-bond acceptors (Lipinski definition) is 2. The van der Waals surface area contributed by atoms with Gasteiger partial charge in [0.25, 0.3) is 0 Å². The van der Waals surface area contributed by atoms with Crippen LogP contribution in [0.1, 0.15) is 12.0 Å². The molecule has 2 nitrogen and oxygen atoms in total. The average Bonchev–Trinajstić information content (AvgIpc) is 2.27. The number of ether oxygens (including phenoxy) is 1. The van der Waals surface area contributed by atoms with Crippen LogP contribution in [-0.4, -0.2) is 17.4 Å². The van der Waals surface area contributed by atoms with Crippen molar-refractivity contribution in [1.29, 1.82) is 0 Å². The lowest BCUT2D eigenvalue weighted by molar-refractivity contribution is -0.194. The first-order valence-electron chi connectivity index (χ1n) is 5.12. The maximum Gasteiger partial charge on any atom is 0.425 e. The summed E-state index contributed by atoms with van der Waals surface area (Å²) in [7, 11) is 0. The van der Waals surface area contributed by atoms with Gasteiger partial charge in [0, 0.05) is 18.1 Å². The molecule has 1 unspecified atom stereocenters. The van der Waals surface area contributed by atoms with E-state index in [0.717, 1.165) is 18.2 Å². The van der Waals surface area contributed by atoms with E-state index in [0.29, 0.717) is 0 Å². The molecule has 0 fully saturated rings. The van der Waals surface area contributed by atoms with Crippen LogP contribution in [0.2, 0.25) is 0 Å². The fraction of sp³-hybridized carbons (Fsp3) is 0.333. The summed E-state index contributed by atoms with van der Waals surface area (Å²) in [6, 6.07) is 3.02. The van der Waals surface area contributed by atoms with Gasteiger partial charge < -0.3 is 9.84 Å². The van der Waals surface area contributed by atoms with Crippen molar-refractivity contribution in [3.05, 3.63) is 42.2 Å².